The van der Waals surface area contributed by atoms with Gasteiger partial charge >= 0.3 is 5.97 Å². The lowest BCUT2D eigenvalue weighted by Gasteiger charge is -2.35. The molecule has 1 amide bonds. The van der Waals surface area contributed by atoms with Crippen molar-refractivity contribution in [1.29, 1.82) is 0 Å². The van der Waals surface area contributed by atoms with Crippen molar-refractivity contribution in [3.63, 3.8) is 0 Å². The lowest BCUT2D eigenvalue weighted by Crippen LogP contribution is -2.50. The van der Waals surface area contributed by atoms with Gasteiger partial charge in [0.15, 0.2) is 0 Å². The summed E-state index contributed by atoms with van der Waals surface area (Å²) in [5.74, 6) is -2.49. The molecule has 0 radical (unpaired) electrons. The molecule has 0 saturated carbocycles. The van der Waals surface area contributed by atoms with Gasteiger partial charge in [0.1, 0.15) is 5.92 Å². The Morgan fingerprint density at radius 1 is 1.18 bits per heavy atom. The Balaban J connectivity index is 1.58. The lowest BCUT2D eigenvalue weighted by atomic mass is 9.82. The van der Waals surface area contributed by atoms with Crippen molar-refractivity contribution >= 4 is 11.9 Å². The van der Waals surface area contributed by atoms with Crippen LogP contribution in [-0.4, -0.2) is 59.3 Å². The Morgan fingerprint density at radius 3 is 2.32 bits per heavy atom. The second kappa shape index (κ2) is 6.01. The van der Waals surface area contributed by atoms with Gasteiger partial charge in [0, 0.05) is 25.2 Å². The van der Waals surface area contributed by atoms with E-state index in [1.165, 1.54) is 0 Å². The minimum atomic E-state index is -0.952. The first-order chi connectivity index (χ1) is 10.5. The van der Waals surface area contributed by atoms with Crippen molar-refractivity contribution in [2.45, 2.75) is 51.0 Å². The number of amides is 1. The predicted molar refractivity (Wildman–Crippen MR) is 80.3 cm³/mol. The molecule has 3 heterocycles. The molecule has 6 heteroatoms. The Hall–Kier alpha value is -1.40. The summed E-state index contributed by atoms with van der Waals surface area (Å²) >= 11 is 0. The van der Waals surface area contributed by atoms with Crippen molar-refractivity contribution in [3.8, 4) is 0 Å². The standard InChI is InChI=1S/C16H24N2O4/c1-9(2)18-7-5-10(6-8-18)17-15(19)13-11-3-4-12(22-11)14(13)16(20)21/h3-4,9-14H,5-8H2,1-2H3,(H,17,19)(H,20,21). The summed E-state index contributed by atoms with van der Waals surface area (Å²) in [5, 5.41) is 12.4. The van der Waals surface area contributed by atoms with Crippen LogP contribution in [0.4, 0.5) is 0 Å². The molecule has 0 aromatic rings. The van der Waals surface area contributed by atoms with Crippen molar-refractivity contribution < 1.29 is 19.4 Å². The van der Waals surface area contributed by atoms with Crippen LogP contribution >= 0.6 is 0 Å². The molecule has 2 bridgehead atoms. The van der Waals surface area contributed by atoms with Gasteiger partial charge < -0.3 is 20.1 Å². The number of carbonyl (C=O) groups excluding carboxylic acids is 1. The van der Waals surface area contributed by atoms with Crippen molar-refractivity contribution in [2.24, 2.45) is 11.8 Å². The van der Waals surface area contributed by atoms with Crippen LogP contribution in [0.1, 0.15) is 26.7 Å². The van der Waals surface area contributed by atoms with Crippen molar-refractivity contribution in [3.05, 3.63) is 12.2 Å². The molecular weight excluding hydrogens is 284 g/mol. The third-order valence-corrected chi connectivity index (χ3v) is 5.09. The number of nitrogens with one attached hydrogen (secondary N) is 1. The highest BCUT2D eigenvalue weighted by atomic mass is 16.5. The van der Waals surface area contributed by atoms with Crippen LogP contribution in [0.15, 0.2) is 12.2 Å². The van der Waals surface area contributed by atoms with Gasteiger partial charge in [0.05, 0.1) is 18.1 Å². The van der Waals surface area contributed by atoms with Crippen molar-refractivity contribution in [1.82, 2.24) is 10.2 Å². The van der Waals surface area contributed by atoms with Gasteiger partial charge in [0.2, 0.25) is 5.91 Å². The van der Waals surface area contributed by atoms with E-state index in [2.05, 4.69) is 24.1 Å². The van der Waals surface area contributed by atoms with E-state index in [-0.39, 0.29) is 18.1 Å². The number of fused-ring (bicyclic) bond motifs is 2. The van der Waals surface area contributed by atoms with Crippen LogP contribution in [0.3, 0.4) is 0 Å². The van der Waals surface area contributed by atoms with Crippen LogP contribution in [0.2, 0.25) is 0 Å². The molecule has 0 aromatic carbocycles. The maximum Gasteiger partial charge on any atom is 0.310 e. The third-order valence-electron chi connectivity index (χ3n) is 5.09. The van der Waals surface area contributed by atoms with Gasteiger partial charge in [-0.2, -0.15) is 0 Å². The molecule has 0 aliphatic carbocycles. The highest BCUT2D eigenvalue weighted by Gasteiger charge is 2.53. The first-order valence-electron chi connectivity index (χ1n) is 8.08. The van der Waals surface area contributed by atoms with E-state index in [1.54, 1.807) is 6.08 Å². The lowest BCUT2D eigenvalue weighted by molar-refractivity contribution is -0.146. The number of ether oxygens (including phenoxy) is 1. The van der Waals surface area contributed by atoms with E-state index in [1.807, 2.05) is 6.08 Å². The summed E-state index contributed by atoms with van der Waals surface area (Å²) < 4.78 is 5.56. The summed E-state index contributed by atoms with van der Waals surface area (Å²) in [6.45, 7) is 6.29. The number of carbonyl (C=O) groups is 2. The number of rotatable bonds is 4. The van der Waals surface area contributed by atoms with Crippen LogP contribution in [0.25, 0.3) is 0 Å². The number of carboxylic acid groups (broad SMARTS) is 1. The largest absolute Gasteiger partial charge is 0.481 e. The number of likely N-dealkylation sites (tertiary alicyclic amines) is 1. The molecular formula is C16H24N2O4. The Bertz CT molecular complexity index is 483. The van der Waals surface area contributed by atoms with Gasteiger partial charge in [-0.3, -0.25) is 9.59 Å². The van der Waals surface area contributed by atoms with Crippen molar-refractivity contribution in [2.75, 3.05) is 13.1 Å². The minimum Gasteiger partial charge on any atom is -0.481 e. The summed E-state index contributed by atoms with van der Waals surface area (Å²) in [6, 6.07) is 0.664. The molecule has 3 rings (SSSR count). The average molecular weight is 308 g/mol. The highest BCUT2D eigenvalue weighted by molar-refractivity contribution is 5.87. The molecule has 22 heavy (non-hydrogen) atoms. The highest BCUT2D eigenvalue weighted by Crippen LogP contribution is 2.39. The molecule has 0 aromatic heterocycles. The summed E-state index contributed by atoms with van der Waals surface area (Å²) in [5.41, 5.74) is 0. The molecule has 2 N–H and O–H groups in total. The Kier molecular flexibility index (Phi) is 4.23. The maximum absolute atomic E-state index is 12.5. The fourth-order valence-corrected chi connectivity index (χ4v) is 3.77. The molecule has 3 aliphatic rings. The summed E-state index contributed by atoms with van der Waals surface area (Å²) in [6.07, 6.45) is 4.56. The topological polar surface area (TPSA) is 78.9 Å². The van der Waals surface area contributed by atoms with Gasteiger partial charge in [-0.25, -0.2) is 0 Å². The molecule has 3 aliphatic heterocycles. The van der Waals surface area contributed by atoms with E-state index < -0.39 is 23.9 Å². The molecule has 2 fully saturated rings. The number of aliphatic carboxylic acids is 1. The fourth-order valence-electron chi connectivity index (χ4n) is 3.77. The molecule has 2 saturated heterocycles. The first kappa shape index (κ1) is 15.5. The summed E-state index contributed by atoms with van der Waals surface area (Å²) in [4.78, 5) is 26.3. The van der Waals surface area contributed by atoms with Gasteiger partial charge in [0.25, 0.3) is 0 Å². The van der Waals surface area contributed by atoms with E-state index in [4.69, 9.17) is 4.74 Å². The van der Waals surface area contributed by atoms with E-state index in [0.717, 1.165) is 25.9 Å². The zero-order valence-electron chi connectivity index (χ0n) is 13.1. The first-order valence-corrected chi connectivity index (χ1v) is 8.08. The molecule has 4 atom stereocenters. The Labute approximate surface area is 130 Å². The number of hydrogen-bond donors (Lipinski definition) is 2. The second-order valence-corrected chi connectivity index (χ2v) is 6.75. The number of nitrogens with zero attached hydrogens (tertiary/aromatic N) is 1. The fraction of sp³-hybridized carbons (Fsp3) is 0.750. The predicted octanol–water partition coefficient (Wildman–Crippen LogP) is 0.630. The number of hydrogen-bond acceptors (Lipinski definition) is 4. The number of carboxylic acids is 1. The van der Waals surface area contributed by atoms with Gasteiger partial charge in [-0.05, 0) is 26.7 Å². The van der Waals surface area contributed by atoms with Gasteiger partial charge in [-0.1, -0.05) is 12.2 Å². The minimum absolute atomic E-state index is 0.139. The van der Waals surface area contributed by atoms with E-state index in [0.29, 0.717) is 6.04 Å². The average Bonchev–Trinajstić information content (AvgIpc) is 3.08. The molecule has 122 valence electrons. The zero-order valence-corrected chi connectivity index (χ0v) is 13.1. The number of piperidine rings is 1. The maximum atomic E-state index is 12.5. The van der Waals surface area contributed by atoms with Crippen LogP contribution < -0.4 is 5.32 Å². The van der Waals surface area contributed by atoms with E-state index >= 15 is 0 Å². The monoisotopic (exact) mass is 308 g/mol. The van der Waals surface area contributed by atoms with Crippen LogP contribution in [0.5, 0.6) is 0 Å². The molecule has 0 spiro atoms. The van der Waals surface area contributed by atoms with E-state index in [9.17, 15) is 14.7 Å². The molecule has 6 nitrogen and oxygen atoms in total. The smallest absolute Gasteiger partial charge is 0.310 e. The quantitative estimate of drug-likeness (QED) is 0.745. The second-order valence-electron chi connectivity index (χ2n) is 6.75. The zero-order chi connectivity index (χ0) is 15.9. The summed E-state index contributed by atoms with van der Waals surface area (Å²) in [7, 11) is 0. The normalized spacial score (nSPS) is 35.2. The SMILES string of the molecule is CC(C)N1CCC(NC(=O)C2C3C=CC(O3)C2C(=O)O)CC1. The van der Waals surface area contributed by atoms with Crippen LogP contribution in [0, 0.1) is 11.8 Å². The van der Waals surface area contributed by atoms with Crippen LogP contribution in [-0.2, 0) is 14.3 Å². The Morgan fingerprint density at radius 2 is 1.77 bits per heavy atom. The third kappa shape index (κ3) is 2.77. The van der Waals surface area contributed by atoms with Gasteiger partial charge in [-0.15, -0.1) is 0 Å². The molecule has 4 unspecified atom stereocenters.